The van der Waals surface area contributed by atoms with Crippen molar-refractivity contribution < 1.29 is 4.74 Å². The number of hydrogen-bond acceptors (Lipinski definition) is 1. The lowest BCUT2D eigenvalue weighted by Crippen LogP contribution is -2.13. The van der Waals surface area contributed by atoms with Crippen LogP contribution in [0.25, 0.3) is 10.9 Å². The van der Waals surface area contributed by atoms with E-state index in [0.29, 0.717) is 5.92 Å². The highest BCUT2D eigenvalue weighted by atomic mass is 16.5. The van der Waals surface area contributed by atoms with Crippen molar-refractivity contribution in [2.45, 2.75) is 18.8 Å². The first-order valence-corrected chi connectivity index (χ1v) is 5.58. The van der Waals surface area contributed by atoms with Crippen molar-refractivity contribution in [3.63, 3.8) is 0 Å². The molecule has 78 valence electrons. The van der Waals surface area contributed by atoms with E-state index in [9.17, 15) is 0 Å². The number of aromatic amines is 1. The molecule has 0 radical (unpaired) electrons. The molecule has 2 nitrogen and oxygen atoms in total. The molecule has 0 unspecified atom stereocenters. The highest BCUT2D eigenvalue weighted by Gasteiger charge is 2.15. The Labute approximate surface area is 89.3 Å². The summed E-state index contributed by atoms with van der Waals surface area (Å²) in [6.45, 7) is 1.82. The van der Waals surface area contributed by atoms with Gasteiger partial charge in [-0.2, -0.15) is 0 Å². The van der Waals surface area contributed by atoms with Crippen LogP contribution < -0.4 is 0 Å². The molecule has 0 atom stereocenters. The van der Waals surface area contributed by atoms with E-state index in [-0.39, 0.29) is 0 Å². The van der Waals surface area contributed by atoms with Gasteiger partial charge in [0.2, 0.25) is 0 Å². The number of benzene rings is 1. The van der Waals surface area contributed by atoms with Crippen LogP contribution in [0.3, 0.4) is 0 Å². The predicted octanol–water partition coefficient (Wildman–Crippen LogP) is 3.06. The fourth-order valence-electron chi connectivity index (χ4n) is 2.35. The molecule has 0 spiro atoms. The Kier molecular flexibility index (Phi) is 2.22. The SMILES string of the molecule is c1cc2ccc(C3CCOCC3)cc2[nH]1. The van der Waals surface area contributed by atoms with Crippen LogP contribution in [0.1, 0.15) is 24.3 Å². The smallest absolute Gasteiger partial charge is 0.0471 e. The zero-order valence-corrected chi connectivity index (χ0v) is 8.70. The highest BCUT2D eigenvalue weighted by Crippen LogP contribution is 2.28. The number of rotatable bonds is 1. The van der Waals surface area contributed by atoms with Gasteiger partial charge in [-0.05, 0) is 41.8 Å². The Morgan fingerprint density at radius 1 is 1.13 bits per heavy atom. The molecule has 3 rings (SSSR count). The van der Waals surface area contributed by atoms with Crippen molar-refractivity contribution in [1.82, 2.24) is 4.98 Å². The average Bonchev–Trinajstić information content (AvgIpc) is 2.77. The molecule has 0 bridgehead atoms. The minimum atomic E-state index is 0.687. The summed E-state index contributed by atoms with van der Waals surface area (Å²) >= 11 is 0. The van der Waals surface area contributed by atoms with Gasteiger partial charge in [0.1, 0.15) is 0 Å². The van der Waals surface area contributed by atoms with Crippen molar-refractivity contribution in [3.8, 4) is 0 Å². The molecule has 1 N–H and O–H groups in total. The predicted molar refractivity (Wildman–Crippen MR) is 61.1 cm³/mol. The molecule has 2 heterocycles. The van der Waals surface area contributed by atoms with Crippen LogP contribution in [-0.2, 0) is 4.74 Å². The topological polar surface area (TPSA) is 25.0 Å². The maximum atomic E-state index is 5.39. The molecule has 2 heteroatoms. The maximum absolute atomic E-state index is 5.39. The Balaban J connectivity index is 1.95. The van der Waals surface area contributed by atoms with Gasteiger partial charge in [0.05, 0.1) is 0 Å². The van der Waals surface area contributed by atoms with Crippen LogP contribution in [0.4, 0.5) is 0 Å². The van der Waals surface area contributed by atoms with E-state index in [4.69, 9.17) is 4.74 Å². The van der Waals surface area contributed by atoms with Gasteiger partial charge in [-0.25, -0.2) is 0 Å². The summed E-state index contributed by atoms with van der Waals surface area (Å²) in [6.07, 6.45) is 4.32. The summed E-state index contributed by atoms with van der Waals surface area (Å²) < 4.78 is 5.39. The zero-order valence-electron chi connectivity index (χ0n) is 8.70. The quantitative estimate of drug-likeness (QED) is 0.753. The first kappa shape index (κ1) is 8.98. The lowest BCUT2D eigenvalue weighted by Gasteiger charge is -2.22. The first-order chi connectivity index (χ1) is 7.43. The van der Waals surface area contributed by atoms with E-state index in [1.807, 2.05) is 6.20 Å². The van der Waals surface area contributed by atoms with E-state index in [1.54, 1.807) is 0 Å². The fourth-order valence-corrected chi connectivity index (χ4v) is 2.35. The normalized spacial score (nSPS) is 18.4. The van der Waals surface area contributed by atoms with E-state index in [1.165, 1.54) is 16.5 Å². The fraction of sp³-hybridized carbons (Fsp3) is 0.385. The minimum Gasteiger partial charge on any atom is -0.381 e. The number of aromatic nitrogens is 1. The van der Waals surface area contributed by atoms with Gasteiger partial charge in [0.15, 0.2) is 0 Å². The van der Waals surface area contributed by atoms with Crippen molar-refractivity contribution in [3.05, 3.63) is 36.0 Å². The van der Waals surface area contributed by atoms with Crippen molar-refractivity contribution >= 4 is 10.9 Å². The van der Waals surface area contributed by atoms with Crippen LogP contribution in [0.5, 0.6) is 0 Å². The van der Waals surface area contributed by atoms with Crippen LogP contribution >= 0.6 is 0 Å². The summed E-state index contributed by atoms with van der Waals surface area (Å²) in [5, 5.41) is 1.30. The molecule has 1 aromatic carbocycles. The summed E-state index contributed by atoms with van der Waals surface area (Å²) in [5.74, 6) is 0.687. The average molecular weight is 201 g/mol. The Morgan fingerprint density at radius 2 is 2.00 bits per heavy atom. The third-order valence-electron chi connectivity index (χ3n) is 3.27. The zero-order chi connectivity index (χ0) is 10.1. The van der Waals surface area contributed by atoms with E-state index >= 15 is 0 Å². The number of hydrogen-bond donors (Lipinski definition) is 1. The van der Waals surface area contributed by atoms with Crippen LogP contribution in [0.2, 0.25) is 0 Å². The Morgan fingerprint density at radius 3 is 2.87 bits per heavy atom. The number of H-pyrrole nitrogens is 1. The second kappa shape index (κ2) is 3.70. The number of fused-ring (bicyclic) bond motifs is 1. The van der Waals surface area contributed by atoms with Gasteiger partial charge in [-0.1, -0.05) is 12.1 Å². The molecule has 1 aromatic heterocycles. The standard InChI is InChI=1S/C13H15NO/c1-2-12(10-4-7-15-8-5-10)9-13-11(1)3-6-14-13/h1-3,6,9-10,14H,4-5,7-8H2. The molecule has 0 aliphatic carbocycles. The van der Waals surface area contributed by atoms with Gasteiger partial charge >= 0.3 is 0 Å². The molecule has 0 saturated carbocycles. The number of nitrogens with one attached hydrogen (secondary N) is 1. The van der Waals surface area contributed by atoms with Gasteiger partial charge in [0.25, 0.3) is 0 Å². The third-order valence-corrected chi connectivity index (χ3v) is 3.27. The molecule has 1 fully saturated rings. The lowest BCUT2D eigenvalue weighted by molar-refractivity contribution is 0.0853. The van der Waals surface area contributed by atoms with E-state index in [2.05, 4.69) is 29.2 Å². The van der Waals surface area contributed by atoms with Gasteiger partial charge in [-0.3, -0.25) is 0 Å². The lowest BCUT2D eigenvalue weighted by atomic mass is 9.91. The van der Waals surface area contributed by atoms with E-state index in [0.717, 1.165) is 26.1 Å². The van der Waals surface area contributed by atoms with Crippen molar-refractivity contribution in [1.29, 1.82) is 0 Å². The van der Waals surface area contributed by atoms with Crippen LogP contribution in [0, 0.1) is 0 Å². The van der Waals surface area contributed by atoms with Crippen molar-refractivity contribution in [2.24, 2.45) is 0 Å². The molecule has 0 amide bonds. The van der Waals surface area contributed by atoms with Gasteiger partial charge in [-0.15, -0.1) is 0 Å². The first-order valence-electron chi connectivity index (χ1n) is 5.58. The maximum Gasteiger partial charge on any atom is 0.0471 e. The van der Waals surface area contributed by atoms with Crippen LogP contribution in [0.15, 0.2) is 30.5 Å². The van der Waals surface area contributed by atoms with Gasteiger partial charge < -0.3 is 9.72 Å². The second-order valence-electron chi connectivity index (χ2n) is 4.21. The highest BCUT2D eigenvalue weighted by molar-refractivity contribution is 5.79. The summed E-state index contributed by atoms with van der Waals surface area (Å²) in [6, 6.07) is 8.86. The second-order valence-corrected chi connectivity index (χ2v) is 4.21. The van der Waals surface area contributed by atoms with Crippen molar-refractivity contribution in [2.75, 3.05) is 13.2 Å². The summed E-state index contributed by atoms with van der Waals surface area (Å²) in [5.41, 5.74) is 2.70. The molecule has 2 aromatic rings. The Hall–Kier alpha value is -1.28. The van der Waals surface area contributed by atoms with Crippen LogP contribution in [-0.4, -0.2) is 18.2 Å². The summed E-state index contributed by atoms with van der Waals surface area (Å²) in [4.78, 5) is 3.27. The Bertz CT molecular complexity index is 454. The molecule has 15 heavy (non-hydrogen) atoms. The monoisotopic (exact) mass is 201 g/mol. The molecular weight excluding hydrogens is 186 g/mol. The number of ether oxygens (including phenoxy) is 1. The summed E-state index contributed by atoms with van der Waals surface area (Å²) in [7, 11) is 0. The molecule has 1 aliphatic heterocycles. The largest absolute Gasteiger partial charge is 0.381 e. The van der Waals surface area contributed by atoms with Gasteiger partial charge in [0, 0.05) is 24.9 Å². The molecule has 1 aliphatic rings. The third kappa shape index (κ3) is 1.65. The molecule has 1 saturated heterocycles. The molecular formula is C13H15NO. The minimum absolute atomic E-state index is 0.687. The van der Waals surface area contributed by atoms with E-state index < -0.39 is 0 Å².